The molecule has 0 spiro atoms. The van der Waals surface area contributed by atoms with Crippen molar-refractivity contribution in [3.63, 3.8) is 0 Å². The third kappa shape index (κ3) is 11.5. The van der Waals surface area contributed by atoms with Crippen molar-refractivity contribution in [2.24, 2.45) is 4.99 Å². The quantitative estimate of drug-likeness (QED) is 0.0143. The van der Waals surface area contributed by atoms with Gasteiger partial charge in [0.2, 0.25) is 5.69 Å². The second-order valence-electron chi connectivity index (χ2n) is 16.3. The van der Waals surface area contributed by atoms with E-state index in [-0.39, 0.29) is 4.90 Å². The van der Waals surface area contributed by atoms with Gasteiger partial charge in [-0.15, -0.1) is 4.33 Å². The van der Waals surface area contributed by atoms with Crippen LogP contribution in [0.15, 0.2) is 122 Å². The van der Waals surface area contributed by atoms with E-state index in [9.17, 15) is 13.0 Å². The zero-order valence-electron chi connectivity index (χ0n) is 37.0. The van der Waals surface area contributed by atoms with E-state index >= 15 is 0 Å². The van der Waals surface area contributed by atoms with E-state index in [1.165, 1.54) is 6.07 Å². The first-order valence-corrected chi connectivity index (χ1v) is 23.5. The van der Waals surface area contributed by atoms with Crippen molar-refractivity contribution < 1.29 is 55.9 Å². The minimum Gasteiger partial charge on any atom is -0.457 e. The van der Waals surface area contributed by atoms with Crippen LogP contribution in [0.1, 0.15) is 58.1 Å². The number of isothiocyanates is 1. The number of fused-ring (bicyclic) bond motifs is 2. The van der Waals surface area contributed by atoms with E-state index in [4.69, 9.17) is 45.5 Å². The van der Waals surface area contributed by atoms with Crippen LogP contribution in [0.25, 0.3) is 0 Å². The van der Waals surface area contributed by atoms with Crippen molar-refractivity contribution in [3.8, 4) is 5.75 Å². The summed E-state index contributed by atoms with van der Waals surface area (Å²) < 4.78 is 70.6. The number of aliphatic imine (C=N–C) groups is 1. The number of benzene rings is 3. The van der Waals surface area contributed by atoms with Crippen LogP contribution in [0, 0.1) is 0 Å². The number of anilines is 1. The van der Waals surface area contributed by atoms with Crippen LogP contribution in [0.5, 0.6) is 5.75 Å². The molecule has 3 aliphatic rings. The van der Waals surface area contributed by atoms with Gasteiger partial charge in [-0.05, 0) is 129 Å². The van der Waals surface area contributed by atoms with Crippen molar-refractivity contribution in [3.05, 3.63) is 119 Å². The van der Waals surface area contributed by atoms with Gasteiger partial charge in [-0.2, -0.15) is 18.0 Å². The fraction of sp³-hybridized carbons (Fsp3) is 0.404. The van der Waals surface area contributed by atoms with Crippen molar-refractivity contribution >= 4 is 62.3 Å². The topological polar surface area (TPSA) is 158 Å². The van der Waals surface area contributed by atoms with Crippen LogP contribution in [0.3, 0.4) is 0 Å². The molecule has 0 saturated heterocycles. The molecule has 0 saturated carbocycles. The largest absolute Gasteiger partial charge is 0.457 e. The molecule has 3 aromatic rings. The van der Waals surface area contributed by atoms with Crippen LogP contribution < -0.4 is 9.64 Å². The number of nitrogens with zero attached hydrogens (tertiary/aromatic N) is 3. The van der Waals surface area contributed by atoms with Gasteiger partial charge in [0.25, 0.3) is 10.1 Å². The van der Waals surface area contributed by atoms with Crippen LogP contribution >= 0.6 is 24.3 Å². The van der Waals surface area contributed by atoms with E-state index < -0.39 is 20.9 Å². The Labute approximate surface area is 385 Å². The Kier molecular flexibility index (Phi) is 17.1. The monoisotopic (exact) mass is 934 g/mol. The minimum absolute atomic E-state index is 0.159. The van der Waals surface area contributed by atoms with Crippen molar-refractivity contribution in [2.75, 3.05) is 71.9 Å². The highest BCUT2D eigenvalue weighted by atomic mass is 32.2. The summed E-state index contributed by atoms with van der Waals surface area (Å²) in [4.78, 5) is 6.86. The first-order valence-electron chi connectivity index (χ1n) is 20.9. The molecule has 1 aliphatic carbocycles. The van der Waals surface area contributed by atoms with E-state index in [1.807, 2.05) is 56.3 Å². The highest BCUT2D eigenvalue weighted by Crippen LogP contribution is 2.49. The molecule has 2 heterocycles. The molecule has 0 amide bonds. The zero-order valence-corrected chi connectivity index (χ0v) is 39.4. The van der Waals surface area contributed by atoms with Gasteiger partial charge < -0.3 is 28.6 Å². The molecule has 0 bridgehead atoms. The maximum atomic E-state index is 12.3. The minimum atomic E-state index is -4.43. The number of thiocarbonyl (C=S) groups is 1. The van der Waals surface area contributed by atoms with Gasteiger partial charge in [-0.3, -0.25) is 4.55 Å². The number of hydrogen-bond donors (Lipinski definition) is 2. The Bertz CT molecular complexity index is 2470. The third-order valence-electron chi connectivity index (χ3n) is 11.6. The Morgan fingerprint density at radius 3 is 2.30 bits per heavy atom. The maximum absolute atomic E-state index is 12.3. The number of hydrogen-bond acceptors (Lipinski definition) is 14. The molecule has 0 radical (unpaired) electrons. The molecule has 64 heavy (non-hydrogen) atoms. The molecule has 6 rings (SSSR count). The lowest BCUT2D eigenvalue weighted by Gasteiger charge is -2.27. The summed E-state index contributed by atoms with van der Waals surface area (Å²) in [6, 6.07) is 18.1. The lowest BCUT2D eigenvalue weighted by molar-refractivity contribution is -0.442. The van der Waals surface area contributed by atoms with Gasteiger partial charge in [0.15, 0.2) is 12.3 Å². The fourth-order valence-corrected chi connectivity index (χ4v) is 9.34. The molecule has 0 aromatic heterocycles. The summed E-state index contributed by atoms with van der Waals surface area (Å²) in [5, 5.41) is 15.1. The van der Waals surface area contributed by atoms with E-state index in [1.54, 1.807) is 26.4 Å². The summed E-state index contributed by atoms with van der Waals surface area (Å²) in [7, 11) is -1.16. The molecule has 2 aliphatic heterocycles. The van der Waals surface area contributed by atoms with Gasteiger partial charge in [0.05, 0.1) is 66.2 Å². The van der Waals surface area contributed by atoms with Gasteiger partial charge in [0.1, 0.15) is 18.1 Å². The zero-order chi connectivity index (χ0) is 45.9. The third-order valence-corrected chi connectivity index (χ3v) is 13.1. The van der Waals surface area contributed by atoms with Crippen LogP contribution in [-0.2, 0) is 49.3 Å². The predicted molar refractivity (Wildman–Crippen MR) is 250 cm³/mol. The van der Waals surface area contributed by atoms with Gasteiger partial charge in [-0.25, -0.2) is 5.26 Å². The normalized spacial score (nSPS) is 18.0. The van der Waals surface area contributed by atoms with Crippen LogP contribution in [-0.4, -0.2) is 101 Å². The SMILES string of the molecule is COCCOCCN1C(=CC=C2CCCC(C=CC3=[N+](CCOCCOC)c4ccc(SOOO)cc4C3(C)C)=C2Oc2ccc(N=C=S)cc2)C(C)(C)c2cc(S(=O)(=O)O)ccc21. The lowest BCUT2D eigenvalue weighted by Crippen LogP contribution is -2.29. The molecule has 3 aromatic carbocycles. The summed E-state index contributed by atoms with van der Waals surface area (Å²) in [6.45, 7) is 12.3. The summed E-state index contributed by atoms with van der Waals surface area (Å²) >= 11 is 5.75. The van der Waals surface area contributed by atoms with Gasteiger partial charge in [0, 0.05) is 60.2 Å². The molecule has 0 atom stereocenters. The smallest absolute Gasteiger partial charge is 0.294 e. The van der Waals surface area contributed by atoms with Crippen LogP contribution in [0.4, 0.5) is 17.1 Å². The second-order valence-corrected chi connectivity index (χ2v) is 18.7. The summed E-state index contributed by atoms with van der Waals surface area (Å²) in [6.07, 6.45) is 10.9. The standard InChI is InChI=1S/C47H55N3O11S3/c1-46(2)39-30-37(63-61-60-51)16-18-41(39)49(22-24-57-28-26-55-5)43(46)20-10-33-8-7-9-34(45(33)59-36-14-12-35(13-15-36)48-32-62)11-21-44-47(3,4)40-31-38(64(52,53)54)17-19-42(40)50(44)23-25-58-29-27-56-6/h10-21,30-31H,7-9,22-29H2,1-6H3,(H-,51,52,53,54)/p+1. The molecule has 14 nitrogen and oxygen atoms in total. The average molecular weight is 935 g/mol. The number of rotatable bonds is 22. The molecule has 17 heteroatoms. The fourth-order valence-electron chi connectivity index (χ4n) is 8.33. The summed E-state index contributed by atoms with van der Waals surface area (Å²) in [5.74, 6) is 1.35. The Hall–Kier alpha value is -4.33. The molecule has 2 N–H and O–H groups in total. The lowest BCUT2D eigenvalue weighted by atomic mass is 9.81. The Morgan fingerprint density at radius 2 is 1.61 bits per heavy atom. The van der Waals surface area contributed by atoms with E-state index in [0.717, 1.165) is 87.0 Å². The molecule has 0 fully saturated rings. The molecular formula is C47H56N3O11S3+. The number of ether oxygens (including phenoxy) is 5. The number of allylic oxidation sites excluding steroid dienone is 7. The molecule has 342 valence electrons. The van der Waals surface area contributed by atoms with Gasteiger partial charge >= 0.3 is 0 Å². The molecular weight excluding hydrogens is 879 g/mol. The Balaban J connectivity index is 1.44. The second kappa shape index (κ2) is 22.2. The van der Waals surface area contributed by atoms with E-state index in [2.05, 4.69) is 62.8 Å². The van der Waals surface area contributed by atoms with Crippen molar-refractivity contribution in [2.45, 2.75) is 67.6 Å². The highest BCUT2D eigenvalue weighted by molar-refractivity contribution is 7.94. The van der Waals surface area contributed by atoms with Crippen molar-refractivity contribution in [1.82, 2.24) is 0 Å². The summed E-state index contributed by atoms with van der Waals surface area (Å²) in [5.41, 5.74) is 7.27. The first kappa shape index (κ1) is 49.1. The highest BCUT2D eigenvalue weighted by Gasteiger charge is 2.45. The van der Waals surface area contributed by atoms with Gasteiger partial charge in [-0.1, -0.05) is 25.0 Å². The number of methoxy groups -OCH3 is 2. The van der Waals surface area contributed by atoms with Crippen molar-refractivity contribution in [1.29, 1.82) is 0 Å². The van der Waals surface area contributed by atoms with Crippen LogP contribution in [0.2, 0.25) is 0 Å². The first-order chi connectivity index (χ1) is 30.7. The van der Waals surface area contributed by atoms with E-state index in [0.29, 0.717) is 64.2 Å². The predicted octanol–water partition coefficient (Wildman–Crippen LogP) is 9.48. The molecule has 0 unspecified atom stereocenters. The maximum Gasteiger partial charge on any atom is 0.294 e. The Morgan fingerprint density at radius 1 is 0.875 bits per heavy atom. The average Bonchev–Trinajstić information content (AvgIpc) is 3.61.